The third-order valence-corrected chi connectivity index (χ3v) is 6.21. The van der Waals surface area contributed by atoms with E-state index in [1.54, 1.807) is 13.0 Å². The van der Waals surface area contributed by atoms with Crippen LogP contribution in [-0.4, -0.2) is 97.3 Å². The van der Waals surface area contributed by atoms with E-state index in [-0.39, 0.29) is 12.2 Å². The van der Waals surface area contributed by atoms with E-state index in [0.717, 1.165) is 11.1 Å². The van der Waals surface area contributed by atoms with Gasteiger partial charge in [0.2, 0.25) is 0 Å². The Hall–Kier alpha value is -1.89. The zero-order chi connectivity index (χ0) is 27.5. The number of aliphatic hydroxyl groups is 6. The van der Waals surface area contributed by atoms with Gasteiger partial charge in [-0.1, -0.05) is 23.8 Å². The van der Waals surface area contributed by atoms with Gasteiger partial charge < -0.3 is 45.2 Å². The average molecular weight is 515 g/mol. The van der Waals surface area contributed by atoms with Gasteiger partial charge in [0, 0.05) is 5.57 Å². The van der Waals surface area contributed by atoms with Crippen molar-refractivity contribution in [3.8, 4) is 0 Å². The van der Waals surface area contributed by atoms with E-state index in [1.807, 2.05) is 19.1 Å². The summed E-state index contributed by atoms with van der Waals surface area (Å²) in [6, 6.07) is 0. The number of hydrogen-bond donors (Lipinski definition) is 7. The summed E-state index contributed by atoms with van der Waals surface area (Å²) < 4.78 is 11.3. The lowest BCUT2D eigenvalue weighted by Crippen LogP contribution is -2.60. The molecule has 1 unspecified atom stereocenters. The number of aliphatic hydroxyl groups excluding tert-OH is 6. The molecule has 0 radical (unpaired) electrons. The van der Waals surface area contributed by atoms with E-state index in [2.05, 4.69) is 6.58 Å². The third-order valence-electron chi connectivity index (χ3n) is 6.21. The first-order valence-electron chi connectivity index (χ1n) is 12.0. The molecule has 36 heavy (non-hydrogen) atoms. The summed E-state index contributed by atoms with van der Waals surface area (Å²) in [5.74, 6) is -1.07. The van der Waals surface area contributed by atoms with Crippen LogP contribution in [0.4, 0.5) is 0 Å². The fourth-order valence-corrected chi connectivity index (χ4v) is 3.78. The Labute approximate surface area is 212 Å². The Morgan fingerprint density at radius 2 is 1.78 bits per heavy atom. The van der Waals surface area contributed by atoms with E-state index in [9.17, 15) is 35.4 Å². The van der Waals surface area contributed by atoms with Gasteiger partial charge in [-0.3, -0.25) is 0 Å². The quantitative estimate of drug-likeness (QED) is 0.123. The van der Waals surface area contributed by atoms with E-state index >= 15 is 0 Å². The van der Waals surface area contributed by atoms with Crippen molar-refractivity contribution in [1.82, 2.24) is 0 Å². The van der Waals surface area contributed by atoms with Gasteiger partial charge in [0.05, 0.1) is 24.9 Å². The van der Waals surface area contributed by atoms with Gasteiger partial charge in [-0.05, 0) is 64.5 Å². The predicted octanol–water partition coefficient (Wildman–Crippen LogP) is 0.955. The van der Waals surface area contributed by atoms with Crippen LogP contribution in [0.1, 0.15) is 52.9 Å². The highest BCUT2D eigenvalue weighted by molar-refractivity contribution is 5.85. The molecule has 0 aliphatic carbocycles. The van der Waals surface area contributed by atoms with Crippen LogP contribution in [0.25, 0.3) is 0 Å². The van der Waals surface area contributed by atoms with E-state index in [0.29, 0.717) is 32.1 Å². The largest absolute Gasteiger partial charge is 0.478 e. The summed E-state index contributed by atoms with van der Waals surface area (Å²) in [7, 11) is 0. The number of carboxylic acid groups (broad SMARTS) is 1. The first-order valence-corrected chi connectivity index (χ1v) is 12.0. The molecule has 0 aromatic heterocycles. The van der Waals surface area contributed by atoms with Gasteiger partial charge >= 0.3 is 5.97 Å². The maximum absolute atomic E-state index is 10.8. The highest BCUT2D eigenvalue weighted by Crippen LogP contribution is 2.29. The second-order valence-corrected chi connectivity index (χ2v) is 9.41. The fourth-order valence-electron chi connectivity index (χ4n) is 3.78. The number of rotatable bonds is 15. The highest BCUT2D eigenvalue weighted by Gasteiger charge is 2.45. The normalized spacial score (nSPS) is 28.5. The number of allylic oxidation sites excluding steroid dienone is 2. The van der Waals surface area contributed by atoms with Crippen LogP contribution in [0, 0.1) is 0 Å². The average Bonchev–Trinajstić information content (AvgIpc) is 2.83. The van der Waals surface area contributed by atoms with Gasteiger partial charge in [0.1, 0.15) is 24.4 Å². The topological polar surface area (TPSA) is 177 Å². The standard InChI is InChI=1S/C26H42O10/c1-5-26(4,36-25-23(32)22(31)21(30)20(15-28)35-25)11-7-10-18(14-27)9-6-8-16(2)12-19(29)13-17(3)24(33)34/h5,8,10,13,19-23,25,27-32H,1,6-7,9,11-12,14-15H2,2-4H3,(H,33,34)/b16-8+,17-13+,18-10+/t19?,20-,21-,22+,23-,25+,26-/m1/s1. The van der Waals surface area contributed by atoms with E-state index in [1.165, 1.54) is 13.0 Å². The molecular weight excluding hydrogens is 472 g/mol. The zero-order valence-electron chi connectivity index (χ0n) is 21.3. The zero-order valence-corrected chi connectivity index (χ0v) is 21.3. The summed E-state index contributed by atoms with van der Waals surface area (Å²) >= 11 is 0. The Morgan fingerprint density at radius 3 is 2.33 bits per heavy atom. The molecule has 7 N–H and O–H groups in total. The van der Waals surface area contributed by atoms with Crippen molar-refractivity contribution in [1.29, 1.82) is 0 Å². The van der Waals surface area contributed by atoms with E-state index < -0.39 is 55.0 Å². The SMILES string of the molecule is C=C[C@](C)(CC/C=C(/CO)CC/C=C(\C)CC(O)/C=C(\C)C(=O)O)O[C@@H]1O[C@H](CO)[C@@H](O)[C@H](O)[C@H]1O. The number of aliphatic carboxylic acids is 1. The minimum Gasteiger partial charge on any atom is -0.478 e. The monoisotopic (exact) mass is 514 g/mol. The molecule has 0 saturated carbocycles. The second kappa shape index (κ2) is 15.4. The summed E-state index contributed by atoms with van der Waals surface area (Å²) in [4.78, 5) is 10.8. The molecule has 1 fully saturated rings. The van der Waals surface area contributed by atoms with Crippen LogP contribution in [0.5, 0.6) is 0 Å². The molecule has 0 bridgehead atoms. The van der Waals surface area contributed by atoms with Crippen LogP contribution in [-0.2, 0) is 14.3 Å². The lowest BCUT2D eigenvalue weighted by Gasteiger charge is -2.42. The molecule has 10 nitrogen and oxygen atoms in total. The Balaban J connectivity index is 2.65. The van der Waals surface area contributed by atoms with Gasteiger partial charge in [-0.15, -0.1) is 6.58 Å². The number of carbonyl (C=O) groups is 1. The molecular formula is C26H42O10. The maximum atomic E-state index is 10.8. The molecule has 1 heterocycles. The van der Waals surface area contributed by atoms with Gasteiger partial charge in [-0.25, -0.2) is 4.79 Å². The highest BCUT2D eigenvalue weighted by atomic mass is 16.7. The van der Waals surface area contributed by atoms with Crippen LogP contribution in [0.15, 0.2) is 47.6 Å². The summed E-state index contributed by atoms with van der Waals surface area (Å²) in [6.07, 6.45) is 1.39. The van der Waals surface area contributed by atoms with Crippen LogP contribution in [0.3, 0.4) is 0 Å². The molecule has 10 heteroatoms. The van der Waals surface area contributed by atoms with Gasteiger partial charge in [0.15, 0.2) is 6.29 Å². The summed E-state index contributed by atoms with van der Waals surface area (Å²) in [5, 5.41) is 68.0. The minimum atomic E-state index is -1.54. The fraction of sp³-hybridized carbons (Fsp3) is 0.654. The lowest BCUT2D eigenvalue weighted by molar-refractivity contribution is -0.319. The van der Waals surface area contributed by atoms with Crippen molar-refractivity contribution in [2.24, 2.45) is 0 Å². The molecule has 1 saturated heterocycles. The van der Waals surface area contributed by atoms with E-state index in [4.69, 9.17) is 14.6 Å². The Morgan fingerprint density at radius 1 is 1.11 bits per heavy atom. The minimum absolute atomic E-state index is 0.0860. The molecule has 1 aliphatic heterocycles. The molecule has 7 atom stereocenters. The Bertz CT molecular complexity index is 803. The second-order valence-electron chi connectivity index (χ2n) is 9.41. The number of carboxylic acids is 1. The van der Waals surface area contributed by atoms with Crippen molar-refractivity contribution in [2.75, 3.05) is 13.2 Å². The third kappa shape index (κ3) is 10.2. The molecule has 0 aromatic rings. The smallest absolute Gasteiger partial charge is 0.331 e. The lowest BCUT2D eigenvalue weighted by atomic mass is 9.96. The van der Waals surface area contributed by atoms with Crippen molar-refractivity contribution in [3.63, 3.8) is 0 Å². The predicted molar refractivity (Wildman–Crippen MR) is 133 cm³/mol. The molecule has 0 amide bonds. The first kappa shape index (κ1) is 32.1. The molecule has 0 aromatic carbocycles. The van der Waals surface area contributed by atoms with Crippen molar-refractivity contribution >= 4 is 5.97 Å². The van der Waals surface area contributed by atoms with Crippen molar-refractivity contribution in [2.45, 2.75) is 95.3 Å². The maximum Gasteiger partial charge on any atom is 0.331 e. The molecule has 1 aliphatic rings. The summed E-state index contributed by atoms with van der Waals surface area (Å²) in [6.45, 7) is 8.10. The van der Waals surface area contributed by atoms with Crippen LogP contribution >= 0.6 is 0 Å². The van der Waals surface area contributed by atoms with Gasteiger partial charge in [0.25, 0.3) is 0 Å². The van der Waals surface area contributed by atoms with Crippen molar-refractivity contribution < 1.29 is 50.0 Å². The van der Waals surface area contributed by atoms with Crippen molar-refractivity contribution in [3.05, 3.63) is 47.6 Å². The van der Waals surface area contributed by atoms with Crippen LogP contribution < -0.4 is 0 Å². The first-order chi connectivity index (χ1) is 16.9. The van der Waals surface area contributed by atoms with Gasteiger partial charge in [-0.2, -0.15) is 0 Å². The molecule has 0 spiro atoms. The Kier molecular flexibility index (Phi) is 13.7. The molecule has 206 valence electrons. The number of hydrogen-bond acceptors (Lipinski definition) is 9. The number of ether oxygens (including phenoxy) is 2. The summed E-state index contributed by atoms with van der Waals surface area (Å²) in [5.41, 5.74) is 0.837. The van der Waals surface area contributed by atoms with Crippen LogP contribution in [0.2, 0.25) is 0 Å². The molecule has 1 rings (SSSR count).